The van der Waals surface area contributed by atoms with Crippen molar-refractivity contribution in [2.75, 3.05) is 0 Å². The molecule has 3 rings (SSSR count). The van der Waals surface area contributed by atoms with E-state index < -0.39 is 17.6 Å². The maximum atomic E-state index is 12.5. The number of halogens is 3. The molecule has 0 aliphatic rings. The minimum absolute atomic E-state index is 0.0613. The fraction of sp³-hybridized carbons (Fsp3) is 0.211. The number of fused-ring (bicyclic) bond motifs is 1. The largest absolute Gasteiger partial charge is 0.416 e. The van der Waals surface area contributed by atoms with Gasteiger partial charge in [0.25, 0.3) is 5.56 Å². The molecule has 0 radical (unpaired) electrons. The lowest BCUT2D eigenvalue weighted by Gasteiger charge is -2.10. The second-order valence-corrected chi connectivity index (χ2v) is 6.12. The Labute approximate surface area is 152 Å². The van der Waals surface area contributed by atoms with Crippen molar-refractivity contribution < 1.29 is 18.0 Å². The summed E-state index contributed by atoms with van der Waals surface area (Å²) in [7, 11) is 0. The van der Waals surface area contributed by atoms with Crippen LogP contribution in [0.3, 0.4) is 0 Å². The van der Waals surface area contributed by atoms with E-state index in [0.717, 1.165) is 17.7 Å². The summed E-state index contributed by atoms with van der Waals surface area (Å²) >= 11 is 0. The number of rotatable bonds is 4. The van der Waals surface area contributed by atoms with Crippen LogP contribution in [0.4, 0.5) is 13.2 Å². The smallest absolute Gasteiger partial charge is 0.350 e. The third-order valence-corrected chi connectivity index (χ3v) is 4.14. The van der Waals surface area contributed by atoms with Crippen LogP contribution in [-0.4, -0.2) is 15.5 Å². The minimum atomic E-state index is -4.40. The molecule has 1 N–H and O–H groups in total. The lowest BCUT2D eigenvalue weighted by molar-refractivity contribution is -0.137. The molecule has 140 valence electrons. The van der Waals surface area contributed by atoms with E-state index in [4.69, 9.17) is 0 Å². The zero-order valence-corrected chi connectivity index (χ0v) is 14.4. The van der Waals surface area contributed by atoms with E-state index in [2.05, 4.69) is 10.3 Å². The van der Waals surface area contributed by atoms with Crippen LogP contribution in [0, 0.1) is 6.92 Å². The number of hydrogen-bond donors (Lipinski definition) is 1. The Hall–Kier alpha value is -3.16. The number of alkyl halides is 3. The van der Waals surface area contributed by atoms with Crippen LogP contribution >= 0.6 is 0 Å². The molecule has 27 heavy (non-hydrogen) atoms. The zero-order valence-electron chi connectivity index (χ0n) is 14.4. The van der Waals surface area contributed by atoms with Crippen molar-refractivity contribution in [3.05, 3.63) is 75.8 Å². The van der Waals surface area contributed by atoms with Gasteiger partial charge in [-0.3, -0.25) is 14.2 Å². The average molecular weight is 375 g/mol. The summed E-state index contributed by atoms with van der Waals surface area (Å²) in [6.07, 6.45) is -3.08. The second-order valence-electron chi connectivity index (χ2n) is 6.12. The van der Waals surface area contributed by atoms with Gasteiger partial charge >= 0.3 is 6.18 Å². The molecule has 0 fully saturated rings. The molecule has 0 atom stereocenters. The summed E-state index contributed by atoms with van der Waals surface area (Å²) in [6.45, 7) is 1.68. The van der Waals surface area contributed by atoms with Crippen molar-refractivity contribution in [2.24, 2.45) is 0 Å². The fourth-order valence-corrected chi connectivity index (χ4v) is 2.67. The lowest BCUT2D eigenvalue weighted by atomic mass is 10.1. The molecule has 1 heterocycles. The first-order valence-electron chi connectivity index (χ1n) is 8.13. The molecule has 3 aromatic rings. The molecule has 2 aromatic carbocycles. The predicted octanol–water partition coefficient (Wildman–Crippen LogP) is 3.04. The van der Waals surface area contributed by atoms with E-state index in [0.29, 0.717) is 16.5 Å². The molecular formula is C19H16F3N3O2. The first-order chi connectivity index (χ1) is 12.8. The Balaban J connectivity index is 1.67. The van der Waals surface area contributed by atoms with E-state index in [1.54, 1.807) is 12.1 Å². The van der Waals surface area contributed by atoms with Gasteiger partial charge < -0.3 is 5.32 Å². The number of nitrogens with zero attached hydrogens (tertiary/aromatic N) is 2. The highest BCUT2D eigenvalue weighted by atomic mass is 19.4. The first-order valence-corrected chi connectivity index (χ1v) is 8.13. The van der Waals surface area contributed by atoms with Crippen LogP contribution in [-0.2, 0) is 24.1 Å². The highest BCUT2D eigenvalue weighted by Crippen LogP contribution is 2.29. The molecule has 1 amide bonds. The first kappa shape index (κ1) is 18.6. The van der Waals surface area contributed by atoms with Gasteiger partial charge in [-0.2, -0.15) is 13.2 Å². The third-order valence-electron chi connectivity index (χ3n) is 4.14. The van der Waals surface area contributed by atoms with Gasteiger partial charge in [-0.1, -0.05) is 24.3 Å². The van der Waals surface area contributed by atoms with Gasteiger partial charge in [-0.15, -0.1) is 0 Å². The van der Waals surface area contributed by atoms with Crippen molar-refractivity contribution in [3.8, 4) is 0 Å². The molecule has 0 aliphatic carbocycles. The molecule has 0 unspecified atom stereocenters. The van der Waals surface area contributed by atoms with E-state index in [9.17, 15) is 22.8 Å². The Bertz CT molecular complexity index is 1040. The van der Waals surface area contributed by atoms with Gasteiger partial charge in [-0.05, 0) is 36.2 Å². The van der Waals surface area contributed by atoms with E-state index in [1.165, 1.54) is 23.0 Å². The zero-order chi connectivity index (χ0) is 19.6. The molecule has 0 saturated carbocycles. The van der Waals surface area contributed by atoms with Crippen molar-refractivity contribution in [2.45, 2.75) is 26.2 Å². The summed E-state index contributed by atoms with van der Waals surface area (Å²) in [5.41, 5.74) is 0.901. The summed E-state index contributed by atoms with van der Waals surface area (Å²) in [5, 5.41) is 3.01. The van der Waals surface area contributed by atoms with Gasteiger partial charge in [0, 0.05) is 6.54 Å². The Morgan fingerprint density at radius 2 is 1.85 bits per heavy atom. The molecular weight excluding hydrogens is 359 g/mol. The fourth-order valence-electron chi connectivity index (χ4n) is 2.67. The number of aromatic nitrogens is 2. The third kappa shape index (κ3) is 4.16. The van der Waals surface area contributed by atoms with Crippen molar-refractivity contribution in [1.82, 2.24) is 14.9 Å². The lowest BCUT2D eigenvalue weighted by Crippen LogP contribution is -2.32. The van der Waals surface area contributed by atoms with Crippen LogP contribution < -0.4 is 10.9 Å². The number of benzene rings is 2. The Kier molecular flexibility index (Phi) is 4.98. The Morgan fingerprint density at radius 1 is 1.15 bits per heavy atom. The highest BCUT2D eigenvalue weighted by Gasteiger charge is 2.29. The summed E-state index contributed by atoms with van der Waals surface area (Å²) < 4.78 is 38.8. The minimum Gasteiger partial charge on any atom is -0.350 e. The van der Waals surface area contributed by atoms with Crippen LogP contribution in [0.1, 0.15) is 16.7 Å². The molecule has 0 aliphatic heterocycles. The molecule has 5 nitrogen and oxygen atoms in total. The van der Waals surface area contributed by atoms with Gasteiger partial charge in [0.15, 0.2) is 0 Å². The number of carbonyl (C=O) groups excluding carboxylic acids is 1. The molecule has 1 aromatic heterocycles. The maximum Gasteiger partial charge on any atom is 0.416 e. The summed E-state index contributed by atoms with van der Waals surface area (Å²) in [4.78, 5) is 28.8. The quantitative estimate of drug-likeness (QED) is 0.762. The van der Waals surface area contributed by atoms with E-state index in [-0.39, 0.29) is 18.6 Å². The average Bonchev–Trinajstić information content (AvgIpc) is 2.62. The van der Waals surface area contributed by atoms with Crippen molar-refractivity contribution in [1.29, 1.82) is 0 Å². The normalized spacial score (nSPS) is 11.6. The van der Waals surface area contributed by atoms with Gasteiger partial charge in [0.2, 0.25) is 5.91 Å². The summed E-state index contributed by atoms with van der Waals surface area (Å²) in [5.74, 6) is -0.439. The topological polar surface area (TPSA) is 64.0 Å². The van der Waals surface area contributed by atoms with Crippen LogP contribution in [0.15, 0.2) is 53.6 Å². The van der Waals surface area contributed by atoms with Crippen LogP contribution in [0.2, 0.25) is 0 Å². The van der Waals surface area contributed by atoms with Gasteiger partial charge in [0.1, 0.15) is 6.54 Å². The van der Waals surface area contributed by atoms with Crippen LogP contribution in [0.5, 0.6) is 0 Å². The summed E-state index contributed by atoms with van der Waals surface area (Å²) in [6, 6.07) is 9.76. The predicted molar refractivity (Wildman–Crippen MR) is 94.0 cm³/mol. The number of carbonyl (C=O) groups is 1. The number of para-hydroxylation sites is 1. The molecule has 0 spiro atoms. The van der Waals surface area contributed by atoms with Crippen molar-refractivity contribution >= 4 is 16.8 Å². The molecule has 0 bridgehead atoms. The van der Waals surface area contributed by atoms with Crippen molar-refractivity contribution in [3.63, 3.8) is 0 Å². The van der Waals surface area contributed by atoms with Gasteiger partial charge in [-0.25, -0.2) is 4.98 Å². The number of nitrogens with one attached hydrogen (secondary N) is 1. The Morgan fingerprint density at radius 3 is 2.52 bits per heavy atom. The van der Waals surface area contributed by atoms with E-state index >= 15 is 0 Å². The monoisotopic (exact) mass is 375 g/mol. The number of hydrogen-bond acceptors (Lipinski definition) is 3. The SMILES string of the molecule is Cc1cccc2c(=O)n(CC(=O)NCc3ccc(C(F)(F)F)cc3)cnc12. The molecule has 8 heteroatoms. The van der Waals surface area contributed by atoms with Gasteiger partial charge in [0.05, 0.1) is 22.8 Å². The van der Waals surface area contributed by atoms with Crippen LogP contribution in [0.25, 0.3) is 10.9 Å². The number of aryl methyl sites for hydroxylation is 1. The second kappa shape index (κ2) is 7.22. The standard InChI is InChI=1S/C19H16F3N3O2/c1-12-3-2-4-15-17(12)24-11-25(18(15)27)10-16(26)23-9-13-5-7-14(8-6-13)19(20,21)22/h2-8,11H,9-10H2,1H3,(H,23,26). The highest BCUT2D eigenvalue weighted by molar-refractivity contribution is 5.81. The molecule has 0 saturated heterocycles. The van der Waals surface area contributed by atoms with E-state index in [1.807, 2.05) is 13.0 Å². The number of amides is 1. The maximum absolute atomic E-state index is 12.5.